The molecule has 2 aromatic carbocycles. The molecular weight excluding hydrogens is 555 g/mol. The van der Waals surface area contributed by atoms with Crippen LogP contribution in [0.1, 0.15) is 48.0 Å². The molecule has 1 saturated heterocycles. The molecule has 0 unspecified atom stereocenters. The van der Waals surface area contributed by atoms with Crippen LogP contribution in [-0.2, 0) is 20.2 Å². The zero-order valence-electron chi connectivity index (χ0n) is 22.0. The van der Waals surface area contributed by atoms with Gasteiger partial charge in [0.05, 0.1) is 16.1 Å². The molecule has 3 aromatic rings. The molecule has 0 radical (unpaired) electrons. The van der Waals surface area contributed by atoms with Crippen molar-refractivity contribution >= 4 is 44.8 Å². The monoisotopic (exact) mass is 584 g/mol. The summed E-state index contributed by atoms with van der Waals surface area (Å²) in [6.07, 6.45) is 5.90. The second kappa shape index (κ2) is 11.2. The van der Waals surface area contributed by atoms with Crippen molar-refractivity contribution < 1.29 is 22.4 Å². The largest absolute Gasteiger partial charge is 0.355 e. The van der Waals surface area contributed by atoms with E-state index in [-0.39, 0.29) is 22.5 Å². The minimum atomic E-state index is -3.55. The third-order valence-corrected chi connectivity index (χ3v) is 8.83. The maximum atomic E-state index is 13.3. The Kier molecular flexibility index (Phi) is 7.83. The van der Waals surface area contributed by atoms with Crippen molar-refractivity contribution in [3.05, 3.63) is 82.8 Å². The Balaban J connectivity index is 1.24. The average Bonchev–Trinajstić information content (AvgIpc) is 3.69. The van der Waals surface area contributed by atoms with Gasteiger partial charge in [-0.3, -0.25) is 9.59 Å². The fraction of sp³-hybridized carbons (Fsp3) is 0.345. The van der Waals surface area contributed by atoms with Gasteiger partial charge in [0, 0.05) is 42.5 Å². The Morgan fingerprint density at radius 3 is 2.42 bits per heavy atom. The van der Waals surface area contributed by atoms with Crippen LogP contribution in [0.5, 0.6) is 0 Å². The number of rotatable bonds is 8. The predicted octanol–water partition coefficient (Wildman–Crippen LogP) is 4.94. The van der Waals surface area contributed by atoms with E-state index in [2.05, 4.69) is 15.6 Å². The Morgan fingerprint density at radius 1 is 1.10 bits per heavy atom. The minimum absolute atomic E-state index is 0.000592. The SMILES string of the molecule is CS(=O)(=O)c1cnc(N2CCC(CC(=O)NC3(c4ccc(F)cc4)CC3)CC2)c(NC(=O)c2cccc(Cl)c2)c1. The Hall–Kier alpha value is -3.50. The van der Waals surface area contributed by atoms with Gasteiger partial charge in [0.25, 0.3) is 5.91 Å². The van der Waals surface area contributed by atoms with Crippen molar-refractivity contribution in [2.75, 3.05) is 29.6 Å². The molecule has 0 spiro atoms. The standard InChI is InChI=1S/C29H30ClFN4O4S/c1-40(38,39)24-17-25(33-28(37)20-3-2-4-22(30)16-20)27(32-18-24)35-13-9-19(10-14-35)15-26(36)34-29(11-12-29)21-5-7-23(31)8-6-21/h2-8,16-19H,9-15H2,1H3,(H,33,37)(H,34,36). The van der Waals surface area contributed by atoms with Gasteiger partial charge in [-0.1, -0.05) is 29.8 Å². The molecule has 1 aromatic heterocycles. The first-order chi connectivity index (χ1) is 19.0. The van der Waals surface area contributed by atoms with Gasteiger partial charge in [-0.15, -0.1) is 0 Å². The molecule has 1 aliphatic heterocycles. The maximum Gasteiger partial charge on any atom is 0.255 e. The lowest BCUT2D eigenvalue weighted by Crippen LogP contribution is -2.39. The van der Waals surface area contributed by atoms with E-state index < -0.39 is 21.3 Å². The summed E-state index contributed by atoms with van der Waals surface area (Å²) in [6, 6.07) is 14.2. The van der Waals surface area contributed by atoms with Crippen molar-refractivity contribution in [2.45, 2.75) is 42.5 Å². The molecule has 8 nitrogen and oxygen atoms in total. The Labute approximate surface area is 237 Å². The summed E-state index contributed by atoms with van der Waals surface area (Å²) in [5.74, 6) is -0.118. The number of carbonyl (C=O) groups excluding carboxylic acids is 2. The molecule has 2 aliphatic rings. The van der Waals surface area contributed by atoms with E-state index in [1.54, 1.807) is 30.3 Å². The molecule has 5 rings (SSSR count). The number of sulfone groups is 1. The minimum Gasteiger partial charge on any atom is -0.355 e. The number of nitrogens with zero attached hydrogens (tertiary/aromatic N) is 2. The van der Waals surface area contributed by atoms with Crippen LogP contribution in [0, 0.1) is 11.7 Å². The second-order valence-corrected chi connectivity index (χ2v) is 13.0. The first-order valence-electron chi connectivity index (χ1n) is 13.1. The van der Waals surface area contributed by atoms with Crippen molar-refractivity contribution in [2.24, 2.45) is 5.92 Å². The average molecular weight is 585 g/mol. The van der Waals surface area contributed by atoms with Gasteiger partial charge in [-0.2, -0.15) is 0 Å². The zero-order chi connectivity index (χ0) is 28.5. The van der Waals surface area contributed by atoms with Crippen LogP contribution in [0.25, 0.3) is 0 Å². The first kappa shape index (κ1) is 28.0. The number of pyridine rings is 1. The van der Waals surface area contributed by atoms with E-state index in [4.69, 9.17) is 11.6 Å². The molecule has 2 N–H and O–H groups in total. The maximum absolute atomic E-state index is 13.3. The van der Waals surface area contributed by atoms with Crippen LogP contribution in [-0.4, -0.2) is 44.6 Å². The van der Waals surface area contributed by atoms with Crippen LogP contribution in [0.3, 0.4) is 0 Å². The highest BCUT2D eigenvalue weighted by Gasteiger charge is 2.45. The first-order valence-corrected chi connectivity index (χ1v) is 15.4. The number of halogens is 2. The molecule has 1 saturated carbocycles. The lowest BCUT2D eigenvalue weighted by molar-refractivity contribution is -0.123. The van der Waals surface area contributed by atoms with E-state index >= 15 is 0 Å². The van der Waals surface area contributed by atoms with Crippen molar-refractivity contribution in [1.82, 2.24) is 10.3 Å². The molecule has 2 amide bonds. The summed E-state index contributed by atoms with van der Waals surface area (Å²) in [6.45, 7) is 1.18. The summed E-state index contributed by atoms with van der Waals surface area (Å²) in [4.78, 5) is 32.3. The number of piperidine rings is 1. The van der Waals surface area contributed by atoms with E-state index in [1.807, 2.05) is 4.90 Å². The normalized spacial score (nSPS) is 16.8. The van der Waals surface area contributed by atoms with E-state index in [1.165, 1.54) is 30.5 Å². The summed E-state index contributed by atoms with van der Waals surface area (Å²) < 4.78 is 37.7. The smallest absolute Gasteiger partial charge is 0.255 e. The summed E-state index contributed by atoms with van der Waals surface area (Å²) in [5, 5.41) is 6.38. The lowest BCUT2D eigenvalue weighted by Gasteiger charge is -2.34. The van der Waals surface area contributed by atoms with Gasteiger partial charge in [-0.25, -0.2) is 17.8 Å². The summed E-state index contributed by atoms with van der Waals surface area (Å²) >= 11 is 6.03. The number of amides is 2. The number of hydrogen-bond donors (Lipinski definition) is 2. The second-order valence-electron chi connectivity index (χ2n) is 10.6. The molecule has 2 heterocycles. The molecule has 11 heteroatoms. The van der Waals surface area contributed by atoms with Crippen molar-refractivity contribution in [3.63, 3.8) is 0 Å². The van der Waals surface area contributed by atoms with Gasteiger partial charge in [0.1, 0.15) is 5.82 Å². The van der Waals surface area contributed by atoms with Crippen LogP contribution in [0.4, 0.5) is 15.9 Å². The number of aromatic nitrogens is 1. The quantitative estimate of drug-likeness (QED) is 0.388. The van der Waals surface area contributed by atoms with Gasteiger partial charge < -0.3 is 15.5 Å². The fourth-order valence-corrected chi connectivity index (χ4v) is 5.88. The highest BCUT2D eigenvalue weighted by molar-refractivity contribution is 7.90. The zero-order valence-corrected chi connectivity index (χ0v) is 23.6. The fourth-order valence-electron chi connectivity index (χ4n) is 5.12. The molecule has 2 fully saturated rings. The Morgan fingerprint density at radius 2 is 1.80 bits per heavy atom. The topological polar surface area (TPSA) is 108 Å². The molecule has 40 heavy (non-hydrogen) atoms. The van der Waals surface area contributed by atoms with Crippen LogP contribution in [0.15, 0.2) is 65.7 Å². The number of nitrogens with one attached hydrogen (secondary N) is 2. The van der Waals surface area contributed by atoms with Gasteiger partial charge in [0.15, 0.2) is 15.7 Å². The molecule has 210 valence electrons. The molecule has 0 atom stereocenters. The van der Waals surface area contributed by atoms with Crippen LogP contribution < -0.4 is 15.5 Å². The molecule has 1 aliphatic carbocycles. The van der Waals surface area contributed by atoms with E-state index in [0.717, 1.165) is 37.5 Å². The van der Waals surface area contributed by atoms with Crippen LogP contribution >= 0.6 is 11.6 Å². The molecular formula is C29H30ClFN4O4S. The van der Waals surface area contributed by atoms with E-state index in [0.29, 0.717) is 41.6 Å². The van der Waals surface area contributed by atoms with Gasteiger partial charge in [0.2, 0.25) is 5.91 Å². The number of anilines is 2. The van der Waals surface area contributed by atoms with Crippen LogP contribution in [0.2, 0.25) is 5.02 Å². The van der Waals surface area contributed by atoms with Gasteiger partial charge in [-0.05, 0) is 73.6 Å². The van der Waals surface area contributed by atoms with Crippen molar-refractivity contribution in [1.29, 1.82) is 0 Å². The van der Waals surface area contributed by atoms with Crippen molar-refractivity contribution in [3.8, 4) is 0 Å². The number of benzene rings is 2. The predicted molar refractivity (Wildman–Crippen MR) is 152 cm³/mol. The third-order valence-electron chi connectivity index (χ3n) is 7.52. The number of hydrogen-bond acceptors (Lipinski definition) is 6. The number of carbonyl (C=O) groups is 2. The summed E-state index contributed by atoms with van der Waals surface area (Å²) in [7, 11) is -3.55. The lowest BCUT2D eigenvalue weighted by atomic mass is 9.92. The summed E-state index contributed by atoms with van der Waals surface area (Å²) in [5.41, 5.74) is 1.15. The Bertz CT molecular complexity index is 1540. The van der Waals surface area contributed by atoms with E-state index in [9.17, 15) is 22.4 Å². The highest BCUT2D eigenvalue weighted by Crippen LogP contribution is 2.45. The third kappa shape index (κ3) is 6.45. The molecule has 0 bridgehead atoms. The highest BCUT2D eigenvalue weighted by atomic mass is 35.5. The van der Waals surface area contributed by atoms with Gasteiger partial charge >= 0.3 is 0 Å².